The topological polar surface area (TPSA) is 59.2 Å². The van der Waals surface area contributed by atoms with E-state index in [0.717, 1.165) is 17.9 Å². The zero-order valence-corrected chi connectivity index (χ0v) is 13.1. The number of thioether (sulfide) groups is 2. The van der Waals surface area contributed by atoms with Gasteiger partial charge in [0.1, 0.15) is 11.6 Å². The van der Waals surface area contributed by atoms with E-state index in [-0.39, 0.29) is 22.5 Å². The monoisotopic (exact) mass is 326 g/mol. The van der Waals surface area contributed by atoms with Crippen molar-refractivity contribution in [2.24, 2.45) is 0 Å². The van der Waals surface area contributed by atoms with Crippen molar-refractivity contribution in [1.29, 1.82) is 0 Å². The number of aromatic hydroxyl groups is 1. The van der Waals surface area contributed by atoms with Crippen molar-refractivity contribution in [2.75, 3.05) is 11.5 Å². The van der Waals surface area contributed by atoms with Crippen LogP contribution in [0.4, 0.5) is 4.39 Å². The molecule has 112 valence electrons. The molecule has 3 rings (SSSR count). The lowest BCUT2D eigenvalue weighted by Gasteiger charge is -2.27. The molecule has 21 heavy (non-hydrogen) atoms. The molecule has 0 spiro atoms. The standard InChI is InChI=1S/C14H15FN2O2S2/c1-2-11-12(21-6-5-20-11)13-16-14(19-17-13)9-7-8(15)3-4-10(9)18/h3-4,7,11-12,18H,2,5-6H2,1H3. The summed E-state index contributed by atoms with van der Waals surface area (Å²) in [4.78, 5) is 4.37. The van der Waals surface area contributed by atoms with E-state index >= 15 is 0 Å². The smallest absolute Gasteiger partial charge is 0.261 e. The van der Waals surface area contributed by atoms with Crippen molar-refractivity contribution in [3.05, 3.63) is 29.8 Å². The summed E-state index contributed by atoms with van der Waals surface area (Å²) in [7, 11) is 0. The lowest BCUT2D eigenvalue weighted by molar-refractivity contribution is 0.415. The molecule has 1 aromatic carbocycles. The Labute approximate surface area is 130 Å². The Hall–Kier alpha value is -1.21. The van der Waals surface area contributed by atoms with Crippen molar-refractivity contribution in [3.63, 3.8) is 0 Å². The third kappa shape index (κ3) is 3.03. The molecule has 1 N–H and O–H groups in total. The predicted molar refractivity (Wildman–Crippen MR) is 83.1 cm³/mol. The number of hydrogen-bond acceptors (Lipinski definition) is 6. The number of nitrogens with zero attached hydrogens (tertiary/aromatic N) is 2. The highest BCUT2D eigenvalue weighted by Crippen LogP contribution is 2.43. The van der Waals surface area contributed by atoms with Crippen molar-refractivity contribution in [2.45, 2.75) is 23.8 Å². The first-order chi connectivity index (χ1) is 10.2. The normalized spacial score (nSPS) is 22.4. The van der Waals surface area contributed by atoms with E-state index in [2.05, 4.69) is 17.1 Å². The maximum atomic E-state index is 13.3. The van der Waals surface area contributed by atoms with Gasteiger partial charge in [-0.1, -0.05) is 12.1 Å². The van der Waals surface area contributed by atoms with E-state index in [1.807, 2.05) is 23.5 Å². The lowest BCUT2D eigenvalue weighted by Crippen LogP contribution is -2.19. The third-order valence-electron chi connectivity index (χ3n) is 3.34. The van der Waals surface area contributed by atoms with Crippen LogP contribution in [0, 0.1) is 5.82 Å². The summed E-state index contributed by atoms with van der Waals surface area (Å²) in [6.45, 7) is 2.15. The second-order valence-electron chi connectivity index (χ2n) is 4.73. The largest absolute Gasteiger partial charge is 0.507 e. The fourth-order valence-electron chi connectivity index (χ4n) is 2.28. The van der Waals surface area contributed by atoms with Gasteiger partial charge in [-0.05, 0) is 24.6 Å². The van der Waals surface area contributed by atoms with Gasteiger partial charge in [0.25, 0.3) is 5.89 Å². The first-order valence-electron chi connectivity index (χ1n) is 6.74. The van der Waals surface area contributed by atoms with E-state index in [9.17, 15) is 9.50 Å². The van der Waals surface area contributed by atoms with Crippen LogP contribution in [0.15, 0.2) is 22.7 Å². The average molecular weight is 326 g/mol. The molecule has 0 bridgehead atoms. The van der Waals surface area contributed by atoms with E-state index in [0.29, 0.717) is 11.1 Å². The van der Waals surface area contributed by atoms with Crippen LogP contribution in [0.1, 0.15) is 24.4 Å². The van der Waals surface area contributed by atoms with Gasteiger partial charge in [0.15, 0.2) is 5.82 Å². The summed E-state index contributed by atoms with van der Waals surface area (Å²) in [5.41, 5.74) is 0.232. The van der Waals surface area contributed by atoms with Crippen LogP contribution in [-0.2, 0) is 0 Å². The molecule has 2 atom stereocenters. The Balaban J connectivity index is 1.90. The minimum absolute atomic E-state index is 0.0655. The molecule has 2 heterocycles. The quantitative estimate of drug-likeness (QED) is 0.923. The Morgan fingerprint density at radius 3 is 3.00 bits per heavy atom. The van der Waals surface area contributed by atoms with Crippen LogP contribution in [0.3, 0.4) is 0 Å². The highest BCUT2D eigenvalue weighted by atomic mass is 32.2. The molecule has 4 nitrogen and oxygen atoms in total. The molecule has 2 aromatic rings. The molecule has 1 aliphatic heterocycles. The molecule has 1 saturated heterocycles. The van der Waals surface area contributed by atoms with Gasteiger partial charge < -0.3 is 9.63 Å². The number of aromatic nitrogens is 2. The first-order valence-corrected chi connectivity index (χ1v) is 8.84. The van der Waals surface area contributed by atoms with Gasteiger partial charge in [-0.15, -0.1) is 11.8 Å². The third-order valence-corrected chi connectivity index (χ3v) is 6.58. The van der Waals surface area contributed by atoms with Gasteiger partial charge in [0, 0.05) is 16.8 Å². The van der Waals surface area contributed by atoms with Gasteiger partial charge in [0.05, 0.1) is 10.8 Å². The summed E-state index contributed by atoms with van der Waals surface area (Å²) in [6.07, 6.45) is 1.04. The van der Waals surface area contributed by atoms with E-state index in [1.165, 1.54) is 18.2 Å². The predicted octanol–water partition coefficient (Wildman–Crippen LogP) is 3.88. The molecule has 1 aromatic heterocycles. The number of rotatable bonds is 3. The van der Waals surface area contributed by atoms with E-state index < -0.39 is 5.82 Å². The summed E-state index contributed by atoms with van der Waals surface area (Å²) >= 11 is 3.75. The molecule has 0 radical (unpaired) electrons. The van der Waals surface area contributed by atoms with Crippen molar-refractivity contribution in [1.82, 2.24) is 10.1 Å². The Morgan fingerprint density at radius 1 is 1.38 bits per heavy atom. The molecule has 2 unspecified atom stereocenters. The lowest BCUT2D eigenvalue weighted by atomic mass is 10.2. The Morgan fingerprint density at radius 2 is 2.19 bits per heavy atom. The van der Waals surface area contributed by atoms with Crippen LogP contribution in [0.5, 0.6) is 5.75 Å². The van der Waals surface area contributed by atoms with Crippen LogP contribution in [0.25, 0.3) is 11.5 Å². The average Bonchev–Trinajstić information content (AvgIpc) is 2.99. The first kappa shape index (κ1) is 14.7. The molecular formula is C14H15FN2O2S2. The SMILES string of the molecule is CCC1SCCSC1c1noc(-c2cc(F)ccc2O)n1. The summed E-state index contributed by atoms with van der Waals surface area (Å²) in [5, 5.41) is 14.5. The Bertz CT molecular complexity index is 635. The molecular weight excluding hydrogens is 311 g/mol. The van der Waals surface area contributed by atoms with Crippen LogP contribution < -0.4 is 0 Å². The molecule has 0 aliphatic carbocycles. The van der Waals surface area contributed by atoms with Crippen LogP contribution >= 0.6 is 23.5 Å². The zero-order valence-electron chi connectivity index (χ0n) is 11.5. The number of phenolic OH excluding ortho intramolecular Hbond substituents is 1. The molecule has 0 amide bonds. The number of phenols is 1. The summed E-state index contributed by atoms with van der Waals surface area (Å²) in [5.74, 6) is 2.46. The molecule has 0 saturated carbocycles. The minimum Gasteiger partial charge on any atom is -0.507 e. The van der Waals surface area contributed by atoms with Gasteiger partial charge in [-0.25, -0.2) is 4.39 Å². The second kappa shape index (κ2) is 6.27. The van der Waals surface area contributed by atoms with Crippen molar-refractivity contribution in [3.8, 4) is 17.2 Å². The van der Waals surface area contributed by atoms with Gasteiger partial charge in [-0.2, -0.15) is 16.7 Å². The zero-order chi connectivity index (χ0) is 14.8. The van der Waals surface area contributed by atoms with E-state index in [1.54, 1.807) is 0 Å². The maximum absolute atomic E-state index is 13.3. The fraction of sp³-hybridized carbons (Fsp3) is 0.429. The van der Waals surface area contributed by atoms with Crippen LogP contribution in [0.2, 0.25) is 0 Å². The van der Waals surface area contributed by atoms with Gasteiger partial charge in [0.2, 0.25) is 0 Å². The van der Waals surface area contributed by atoms with Crippen molar-refractivity contribution >= 4 is 23.5 Å². The van der Waals surface area contributed by atoms with Gasteiger partial charge in [-0.3, -0.25) is 0 Å². The van der Waals surface area contributed by atoms with Crippen LogP contribution in [-0.4, -0.2) is 32.0 Å². The summed E-state index contributed by atoms with van der Waals surface area (Å²) in [6, 6.07) is 3.68. The number of hydrogen-bond donors (Lipinski definition) is 1. The molecule has 1 fully saturated rings. The highest BCUT2D eigenvalue weighted by Gasteiger charge is 2.30. The summed E-state index contributed by atoms with van der Waals surface area (Å²) < 4.78 is 18.5. The number of halogens is 1. The van der Waals surface area contributed by atoms with E-state index in [4.69, 9.17) is 4.52 Å². The second-order valence-corrected chi connectivity index (χ2v) is 7.32. The van der Waals surface area contributed by atoms with Crippen molar-refractivity contribution < 1.29 is 14.0 Å². The highest BCUT2D eigenvalue weighted by molar-refractivity contribution is 8.06. The Kier molecular flexibility index (Phi) is 4.40. The maximum Gasteiger partial charge on any atom is 0.261 e. The minimum atomic E-state index is -0.448. The fourth-order valence-corrected chi connectivity index (χ4v) is 5.26. The number of benzene rings is 1. The molecule has 1 aliphatic rings. The van der Waals surface area contributed by atoms with Gasteiger partial charge >= 0.3 is 0 Å². The molecule has 7 heteroatoms.